The van der Waals surface area contributed by atoms with E-state index in [0.29, 0.717) is 12.1 Å². The SMILES string of the molecule is COc1ccccc1N1CC2CC(C1)N2. The first-order valence-corrected chi connectivity index (χ1v) is 5.51. The van der Waals surface area contributed by atoms with Gasteiger partial charge in [-0.3, -0.25) is 0 Å². The van der Waals surface area contributed by atoms with Crippen LogP contribution in [0.25, 0.3) is 0 Å². The van der Waals surface area contributed by atoms with Crippen LogP contribution < -0.4 is 15.0 Å². The van der Waals surface area contributed by atoms with Gasteiger partial charge in [-0.05, 0) is 18.6 Å². The Morgan fingerprint density at radius 3 is 2.60 bits per heavy atom. The predicted octanol–water partition coefficient (Wildman–Crippen LogP) is 1.25. The molecule has 3 nitrogen and oxygen atoms in total. The van der Waals surface area contributed by atoms with Crippen molar-refractivity contribution < 1.29 is 4.74 Å². The Morgan fingerprint density at radius 2 is 1.93 bits per heavy atom. The van der Waals surface area contributed by atoms with Crippen molar-refractivity contribution in [1.29, 1.82) is 0 Å². The largest absolute Gasteiger partial charge is 0.495 e. The normalized spacial score (nSPS) is 28.5. The van der Waals surface area contributed by atoms with E-state index in [0.717, 1.165) is 18.8 Å². The number of ether oxygens (including phenoxy) is 1. The molecule has 80 valence electrons. The second-order valence-corrected chi connectivity index (χ2v) is 4.37. The molecule has 1 aromatic rings. The summed E-state index contributed by atoms with van der Waals surface area (Å²) in [5, 5.41) is 3.53. The molecule has 3 heteroatoms. The Hall–Kier alpha value is -1.22. The summed E-state index contributed by atoms with van der Waals surface area (Å²) in [4.78, 5) is 2.42. The number of hydrogen-bond acceptors (Lipinski definition) is 3. The van der Waals surface area contributed by atoms with Crippen LogP contribution in [0, 0.1) is 0 Å². The van der Waals surface area contributed by atoms with Gasteiger partial charge in [0, 0.05) is 25.2 Å². The number of anilines is 1. The van der Waals surface area contributed by atoms with E-state index in [-0.39, 0.29) is 0 Å². The van der Waals surface area contributed by atoms with Gasteiger partial charge in [-0.25, -0.2) is 0 Å². The van der Waals surface area contributed by atoms with E-state index in [1.807, 2.05) is 12.1 Å². The topological polar surface area (TPSA) is 24.5 Å². The number of methoxy groups -OCH3 is 1. The maximum Gasteiger partial charge on any atom is 0.142 e. The monoisotopic (exact) mass is 204 g/mol. The lowest BCUT2D eigenvalue weighted by Crippen LogP contribution is -2.67. The fraction of sp³-hybridized carbons (Fsp3) is 0.500. The zero-order valence-electron chi connectivity index (χ0n) is 8.94. The minimum absolute atomic E-state index is 0.689. The molecule has 2 atom stereocenters. The van der Waals surface area contributed by atoms with Gasteiger partial charge >= 0.3 is 0 Å². The van der Waals surface area contributed by atoms with Gasteiger partial charge in [0.15, 0.2) is 0 Å². The molecule has 3 aliphatic heterocycles. The van der Waals surface area contributed by atoms with Crippen molar-refractivity contribution in [3.63, 3.8) is 0 Å². The number of hydrogen-bond donors (Lipinski definition) is 1. The lowest BCUT2D eigenvalue weighted by atomic mass is 9.91. The Labute approximate surface area is 90.0 Å². The molecular weight excluding hydrogens is 188 g/mol. The molecule has 0 aliphatic carbocycles. The first-order chi connectivity index (χ1) is 7.36. The van der Waals surface area contributed by atoms with Gasteiger partial charge in [0.2, 0.25) is 0 Å². The van der Waals surface area contributed by atoms with Crippen LogP contribution in [0.1, 0.15) is 6.42 Å². The van der Waals surface area contributed by atoms with Crippen LogP contribution in [0.2, 0.25) is 0 Å². The summed E-state index contributed by atoms with van der Waals surface area (Å²) >= 11 is 0. The first-order valence-electron chi connectivity index (χ1n) is 5.51. The summed E-state index contributed by atoms with van der Waals surface area (Å²) in [6.07, 6.45) is 1.34. The number of rotatable bonds is 2. The average Bonchev–Trinajstić information content (AvgIpc) is 2.28. The van der Waals surface area contributed by atoms with Crippen LogP contribution in [0.3, 0.4) is 0 Å². The minimum Gasteiger partial charge on any atom is -0.495 e. The molecular formula is C12H16N2O. The molecule has 2 unspecified atom stereocenters. The molecule has 3 heterocycles. The van der Waals surface area contributed by atoms with Crippen molar-refractivity contribution in [1.82, 2.24) is 5.32 Å². The van der Waals surface area contributed by atoms with Gasteiger partial charge < -0.3 is 15.0 Å². The highest BCUT2D eigenvalue weighted by atomic mass is 16.5. The van der Waals surface area contributed by atoms with Gasteiger partial charge in [-0.2, -0.15) is 0 Å². The van der Waals surface area contributed by atoms with Gasteiger partial charge in [0.25, 0.3) is 0 Å². The first kappa shape index (κ1) is 9.04. The van der Waals surface area contributed by atoms with E-state index >= 15 is 0 Å². The smallest absolute Gasteiger partial charge is 0.142 e. The molecule has 1 aromatic carbocycles. The molecule has 3 fully saturated rings. The summed E-state index contributed by atoms with van der Waals surface area (Å²) in [5.74, 6) is 0.985. The van der Waals surface area contributed by atoms with Crippen molar-refractivity contribution in [3.05, 3.63) is 24.3 Å². The highest BCUT2D eigenvalue weighted by molar-refractivity contribution is 5.59. The summed E-state index contributed by atoms with van der Waals surface area (Å²) in [6, 6.07) is 9.64. The zero-order valence-corrected chi connectivity index (χ0v) is 8.94. The van der Waals surface area contributed by atoms with E-state index in [9.17, 15) is 0 Å². The second kappa shape index (κ2) is 3.42. The lowest BCUT2D eigenvalue weighted by molar-refractivity contribution is 0.225. The van der Waals surface area contributed by atoms with E-state index in [2.05, 4.69) is 22.3 Å². The molecule has 15 heavy (non-hydrogen) atoms. The molecule has 0 aromatic heterocycles. The molecule has 2 bridgehead atoms. The van der Waals surface area contributed by atoms with Crippen molar-refractivity contribution in [2.75, 3.05) is 25.1 Å². The highest BCUT2D eigenvalue weighted by Gasteiger charge is 2.36. The van der Waals surface area contributed by atoms with Gasteiger partial charge in [-0.1, -0.05) is 12.1 Å². The van der Waals surface area contributed by atoms with Gasteiger partial charge in [0.05, 0.1) is 12.8 Å². The number of piperazine rings is 1. The standard InChI is InChI=1S/C12H16N2O/c1-15-12-5-3-2-4-11(12)14-7-9-6-10(8-14)13-9/h2-5,9-10,13H,6-8H2,1H3. The zero-order chi connectivity index (χ0) is 10.3. The number of fused-ring (bicyclic) bond motifs is 2. The number of benzene rings is 1. The van der Waals surface area contributed by atoms with Crippen LogP contribution in [0.5, 0.6) is 5.75 Å². The summed E-state index contributed by atoms with van der Waals surface area (Å²) in [5.41, 5.74) is 1.23. The fourth-order valence-corrected chi connectivity index (χ4v) is 2.60. The number of nitrogens with zero attached hydrogens (tertiary/aromatic N) is 1. The number of nitrogens with one attached hydrogen (secondary N) is 1. The Morgan fingerprint density at radius 1 is 1.27 bits per heavy atom. The summed E-state index contributed by atoms with van der Waals surface area (Å²) in [6.45, 7) is 2.22. The van der Waals surface area contributed by atoms with Crippen LogP contribution >= 0.6 is 0 Å². The third-order valence-electron chi connectivity index (χ3n) is 3.35. The van der Waals surface area contributed by atoms with Crippen molar-refractivity contribution >= 4 is 5.69 Å². The fourth-order valence-electron chi connectivity index (χ4n) is 2.60. The van der Waals surface area contributed by atoms with E-state index in [1.54, 1.807) is 7.11 Å². The molecule has 0 amide bonds. The average molecular weight is 204 g/mol. The van der Waals surface area contributed by atoms with E-state index in [1.165, 1.54) is 12.1 Å². The van der Waals surface area contributed by atoms with E-state index in [4.69, 9.17) is 4.74 Å². The molecule has 4 rings (SSSR count). The molecule has 3 saturated heterocycles. The van der Waals surface area contributed by atoms with Crippen LogP contribution in [0.4, 0.5) is 5.69 Å². The molecule has 1 N–H and O–H groups in total. The second-order valence-electron chi connectivity index (χ2n) is 4.37. The summed E-state index contributed by atoms with van der Waals surface area (Å²) < 4.78 is 5.39. The molecule has 3 aliphatic rings. The van der Waals surface area contributed by atoms with Crippen LogP contribution in [-0.2, 0) is 0 Å². The molecule has 0 saturated carbocycles. The maximum absolute atomic E-state index is 5.39. The van der Waals surface area contributed by atoms with Crippen molar-refractivity contribution in [2.24, 2.45) is 0 Å². The number of piperidine rings is 1. The molecule has 0 spiro atoms. The van der Waals surface area contributed by atoms with Crippen LogP contribution in [0.15, 0.2) is 24.3 Å². The van der Waals surface area contributed by atoms with E-state index < -0.39 is 0 Å². The quantitative estimate of drug-likeness (QED) is 0.784. The van der Waals surface area contributed by atoms with Crippen molar-refractivity contribution in [2.45, 2.75) is 18.5 Å². The number of para-hydroxylation sites is 2. The lowest BCUT2D eigenvalue weighted by Gasteiger charge is -2.49. The maximum atomic E-state index is 5.39. The highest BCUT2D eigenvalue weighted by Crippen LogP contribution is 2.32. The third-order valence-corrected chi connectivity index (χ3v) is 3.35. The third kappa shape index (κ3) is 1.47. The van der Waals surface area contributed by atoms with Crippen molar-refractivity contribution in [3.8, 4) is 5.75 Å². The Kier molecular flexibility index (Phi) is 2.06. The van der Waals surface area contributed by atoms with Gasteiger partial charge in [0.1, 0.15) is 5.75 Å². The Bertz CT molecular complexity index is 350. The predicted molar refractivity (Wildman–Crippen MR) is 60.5 cm³/mol. The van der Waals surface area contributed by atoms with Crippen LogP contribution in [-0.4, -0.2) is 32.3 Å². The Balaban J connectivity index is 1.85. The molecule has 0 radical (unpaired) electrons. The minimum atomic E-state index is 0.689. The van der Waals surface area contributed by atoms with Gasteiger partial charge in [-0.15, -0.1) is 0 Å². The summed E-state index contributed by atoms with van der Waals surface area (Å²) in [7, 11) is 1.74.